The molecule has 3 N–H and O–H groups in total. The third kappa shape index (κ3) is 65.7. The molecule has 0 aliphatic heterocycles. The third-order valence-electron chi connectivity index (χ3n) is 17.5. The standard InChI is InChI=1S/C74H145NO3/c1-3-5-7-9-11-13-15-17-19-21-23-25-27-29-31-33-34-35-36-37-38-39-40-42-44-46-48-50-52-54-56-58-60-62-64-66-68-70-74(78)75-72(71-76)73(77)69-67-65-63-61-59-57-55-53-51-49-47-45-43-41-32-30-28-26-24-22-20-18-16-14-12-10-8-6-4-2/h15,17,21,23,72-73,76-77H,3-14,16,18-20,22,24-71H2,1-2H3,(H,75,78)/b17-15-,23-21-. The van der Waals surface area contributed by atoms with Crippen molar-refractivity contribution in [1.29, 1.82) is 0 Å². The monoisotopic (exact) mass is 1100 g/mol. The van der Waals surface area contributed by atoms with Crippen LogP contribution in [-0.4, -0.2) is 34.9 Å². The summed E-state index contributed by atoms with van der Waals surface area (Å²) in [6.07, 6.45) is 95.4. The highest BCUT2D eigenvalue weighted by Crippen LogP contribution is 2.20. The van der Waals surface area contributed by atoms with Crippen LogP contribution >= 0.6 is 0 Å². The van der Waals surface area contributed by atoms with Gasteiger partial charge in [-0.1, -0.05) is 398 Å². The maximum absolute atomic E-state index is 12.6. The number of unbranched alkanes of at least 4 members (excludes halogenated alkanes) is 58. The Balaban J connectivity index is 3.36. The van der Waals surface area contributed by atoms with Crippen molar-refractivity contribution in [1.82, 2.24) is 5.32 Å². The summed E-state index contributed by atoms with van der Waals surface area (Å²) in [5.41, 5.74) is 0. The molecule has 0 saturated heterocycles. The largest absolute Gasteiger partial charge is 0.394 e. The minimum atomic E-state index is -0.659. The summed E-state index contributed by atoms with van der Waals surface area (Å²) in [5, 5.41) is 23.5. The number of aliphatic hydroxyl groups is 2. The first-order valence-electron chi connectivity index (χ1n) is 36.5. The Morgan fingerprint density at radius 3 is 0.769 bits per heavy atom. The second-order valence-electron chi connectivity index (χ2n) is 25.4. The molecule has 0 aliphatic rings. The van der Waals surface area contributed by atoms with Crippen LogP contribution in [0.5, 0.6) is 0 Å². The summed E-state index contributed by atoms with van der Waals surface area (Å²) in [5.74, 6) is -0.0206. The van der Waals surface area contributed by atoms with E-state index in [0.717, 1.165) is 32.1 Å². The van der Waals surface area contributed by atoms with E-state index in [9.17, 15) is 15.0 Å². The summed E-state index contributed by atoms with van der Waals surface area (Å²) in [6.45, 7) is 4.40. The zero-order chi connectivity index (χ0) is 56.2. The van der Waals surface area contributed by atoms with E-state index in [4.69, 9.17) is 0 Å². The molecule has 0 radical (unpaired) electrons. The van der Waals surface area contributed by atoms with E-state index in [2.05, 4.69) is 43.5 Å². The number of rotatable bonds is 69. The van der Waals surface area contributed by atoms with Crippen molar-refractivity contribution >= 4 is 5.91 Å². The molecule has 464 valence electrons. The van der Waals surface area contributed by atoms with Crippen LogP contribution in [0.1, 0.15) is 425 Å². The molecule has 0 fully saturated rings. The molecule has 0 spiro atoms. The Morgan fingerprint density at radius 2 is 0.526 bits per heavy atom. The lowest BCUT2D eigenvalue weighted by Gasteiger charge is -2.22. The van der Waals surface area contributed by atoms with Crippen LogP contribution < -0.4 is 5.32 Å². The van der Waals surface area contributed by atoms with Gasteiger partial charge in [-0.3, -0.25) is 4.79 Å². The molecule has 0 heterocycles. The molecule has 0 aliphatic carbocycles. The van der Waals surface area contributed by atoms with Crippen LogP contribution in [0.2, 0.25) is 0 Å². The second kappa shape index (κ2) is 70.1. The van der Waals surface area contributed by atoms with Crippen molar-refractivity contribution in [3.63, 3.8) is 0 Å². The zero-order valence-corrected chi connectivity index (χ0v) is 53.7. The van der Waals surface area contributed by atoms with Crippen LogP contribution in [0.3, 0.4) is 0 Å². The van der Waals surface area contributed by atoms with E-state index in [1.165, 1.54) is 366 Å². The lowest BCUT2D eigenvalue weighted by Crippen LogP contribution is -2.45. The minimum absolute atomic E-state index is 0.0206. The number of allylic oxidation sites excluding steroid dienone is 4. The van der Waals surface area contributed by atoms with Gasteiger partial charge >= 0.3 is 0 Å². The van der Waals surface area contributed by atoms with Gasteiger partial charge in [0.05, 0.1) is 18.8 Å². The minimum Gasteiger partial charge on any atom is -0.394 e. The van der Waals surface area contributed by atoms with Gasteiger partial charge < -0.3 is 15.5 Å². The normalized spacial score (nSPS) is 12.7. The van der Waals surface area contributed by atoms with E-state index >= 15 is 0 Å². The quantitative estimate of drug-likeness (QED) is 0.0420. The van der Waals surface area contributed by atoms with Crippen molar-refractivity contribution < 1.29 is 15.0 Å². The van der Waals surface area contributed by atoms with Crippen molar-refractivity contribution in [3.8, 4) is 0 Å². The molecule has 0 aromatic rings. The summed E-state index contributed by atoms with van der Waals surface area (Å²) >= 11 is 0. The fourth-order valence-electron chi connectivity index (χ4n) is 11.9. The Bertz CT molecular complexity index is 1150. The number of amides is 1. The molecule has 0 saturated carbocycles. The number of hydrogen-bond acceptors (Lipinski definition) is 3. The summed E-state index contributed by atoms with van der Waals surface area (Å²) in [6, 6.07) is -0.535. The van der Waals surface area contributed by atoms with Gasteiger partial charge in [0.25, 0.3) is 0 Å². The predicted octanol–water partition coefficient (Wildman–Crippen LogP) is 24.9. The SMILES string of the molecule is CCCCCCC/C=C\C/C=C\CCCCCCCCCCCCCCCCCCCCCCCCCCCC(=O)NC(CO)C(O)CCCCCCCCCCCCCCCCCCCCCCCCCCCCCCC. The fourth-order valence-corrected chi connectivity index (χ4v) is 11.9. The molecular weight excluding hydrogens is 951 g/mol. The van der Waals surface area contributed by atoms with Gasteiger partial charge in [0.15, 0.2) is 0 Å². The maximum Gasteiger partial charge on any atom is 0.220 e. The Hall–Kier alpha value is -1.13. The number of carbonyl (C=O) groups excluding carboxylic acids is 1. The Morgan fingerprint density at radius 1 is 0.308 bits per heavy atom. The zero-order valence-electron chi connectivity index (χ0n) is 53.7. The molecule has 0 rings (SSSR count). The highest BCUT2D eigenvalue weighted by Gasteiger charge is 2.20. The van der Waals surface area contributed by atoms with Gasteiger partial charge in [0.2, 0.25) is 5.91 Å². The average Bonchev–Trinajstić information content (AvgIpc) is 3.44. The molecule has 2 atom stereocenters. The predicted molar refractivity (Wildman–Crippen MR) is 350 cm³/mol. The van der Waals surface area contributed by atoms with Crippen LogP contribution in [0.25, 0.3) is 0 Å². The number of nitrogens with one attached hydrogen (secondary N) is 1. The first kappa shape index (κ1) is 76.9. The molecule has 0 bridgehead atoms. The van der Waals surface area contributed by atoms with Crippen molar-refractivity contribution in [2.24, 2.45) is 0 Å². The molecule has 78 heavy (non-hydrogen) atoms. The summed E-state index contributed by atoms with van der Waals surface area (Å²) < 4.78 is 0. The van der Waals surface area contributed by atoms with E-state index in [-0.39, 0.29) is 12.5 Å². The van der Waals surface area contributed by atoms with Crippen molar-refractivity contribution in [2.75, 3.05) is 6.61 Å². The lowest BCUT2D eigenvalue weighted by molar-refractivity contribution is -0.123. The Labute approximate surface area is 491 Å². The maximum atomic E-state index is 12.6. The number of aliphatic hydroxyl groups excluding tert-OH is 2. The highest BCUT2D eigenvalue weighted by atomic mass is 16.3. The number of carbonyl (C=O) groups is 1. The van der Waals surface area contributed by atoms with Gasteiger partial charge in [-0.15, -0.1) is 0 Å². The van der Waals surface area contributed by atoms with Gasteiger partial charge in [-0.25, -0.2) is 0 Å². The van der Waals surface area contributed by atoms with Crippen molar-refractivity contribution in [2.45, 2.75) is 437 Å². The summed E-state index contributed by atoms with van der Waals surface area (Å²) in [7, 11) is 0. The van der Waals surface area contributed by atoms with Crippen LogP contribution in [0.15, 0.2) is 24.3 Å². The molecule has 0 aromatic carbocycles. The van der Waals surface area contributed by atoms with E-state index in [0.29, 0.717) is 12.8 Å². The van der Waals surface area contributed by atoms with E-state index in [1.807, 2.05) is 0 Å². The van der Waals surface area contributed by atoms with E-state index in [1.54, 1.807) is 0 Å². The first-order chi connectivity index (χ1) is 38.7. The molecule has 1 amide bonds. The van der Waals surface area contributed by atoms with Gasteiger partial charge in [0.1, 0.15) is 0 Å². The topological polar surface area (TPSA) is 69.6 Å². The molecule has 4 heteroatoms. The molecule has 0 aromatic heterocycles. The van der Waals surface area contributed by atoms with Crippen LogP contribution in [0, 0.1) is 0 Å². The van der Waals surface area contributed by atoms with Gasteiger partial charge in [-0.05, 0) is 44.9 Å². The van der Waals surface area contributed by atoms with Crippen LogP contribution in [-0.2, 0) is 4.79 Å². The fraction of sp³-hybridized carbons (Fsp3) is 0.932. The lowest BCUT2D eigenvalue weighted by atomic mass is 10.0. The Kier molecular flexibility index (Phi) is 69.1. The van der Waals surface area contributed by atoms with Crippen LogP contribution in [0.4, 0.5) is 0 Å². The third-order valence-corrected chi connectivity index (χ3v) is 17.5. The number of hydrogen-bond donors (Lipinski definition) is 3. The smallest absolute Gasteiger partial charge is 0.220 e. The van der Waals surface area contributed by atoms with Gasteiger partial charge in [0, 0.05) is 6.42 Å². The van der Waals surface area contributed by atoms with Gasteiger partial charge in [-0.2, -0.15) is 0 Å². The molecular formula is C74H145NO3. The first-order valence-corrected chi connectivity index (χ1v) is 36.5. The average molecular weight is 1100 g/mol. The molecule has 2 unspecified atom stereocenters. The van der Waals surface area contributed by atoms with E-state index < -0.39 is 12.1 Å². The summed E-state index contributed by atoms with van der Waals surface area (Å²) in [4.78, 5) is 12.6. The van der Waals surface area contributed by atoms with Crippen molar-refractivity contribution in [3.05, 3.63) is 24.3 Å². The highest BCUT2D eigenvalue weighted by molar-refractivity contribution is 5.76. The second-order valence-corrected chi connectivity index (χ2v) is 25.4. The molecule has 4 nitrogen and oxygen atoms in total.